The van der Waals surface area contributed by atoms with Crippen molar-refractivity contribution in [1.82, 2.24) is 5.43 Å². The van der Waals surface area contributed by atoms with E-state index in [9.17, 15) is 0 Å². The molecule has 0 unspecified atom stereocenters. The lowest BCUT2D eigenvalue weighted by atomic mass is 10.0. The molecule has 0 aromatic heterocycles. The van der Waals surface area contributed by atoms with Crippen LogP contribution in [0.2, 0.25) is 0 Å². The average Bonchev–Trinajstić information content (AvgIpc) is 2.42. The van der Waals surface area contributed by atoms with E-state index in [-0.39, 0.29) is 0 Å². The molecule has 88 valence electrons. The summed E-state index contributed by atoms with van der Waals surface area (Å²) in [5, 5.41) is 0. The molecule has 0 saturated heterocycles. The first-order valence-corrected chi connectivity index (χ1v) is 5.97. The lowest BCUT2D eigenvalue weighted by molar-refractivity contribution is 0.917. The number of hydrogen-bond acceptors (Lipinski definition) is 2. The van der Waals surface area contributed by atoms with Crippen LogP contribution in [0.1, 0.15) is 24.8 Å². The average molecular weight is 226 g/mol. The normalized spacial score (nSPS) is 15.6. The number of allylic oxidation sites excluding steroid dienone is 5. The molecule has 0 aliphatic heterocycles. The molecule has 17 heavy (non-hydrogen) atoms. The first-order chi connectivity index (χ1) is 8.40. The van der Waals surface area contributed by atoms with Gasteiger partial charge in [0.05, 0.1) is 5.70 Å². The van der Waals surface area contributed by atoms with Gasteiger partial charge < -0.3 is 5.43 Å². The minimum atomic E-state index is 0.957. The minimum absolute atomic E-state index is 0.957. The van der Waals surface area contributed by atoms with E-state index in [0.29, 0.717) is 0 Å². The Kier molecular flexibility index (Phi) is 4.17. The molecule has 0 atom stereocenters. The number of benzene rings is 1. The summed E-state index contributed by atoms with van der Waals surface area (Å²) in [5.74, 6) is 5.57. The molecule has 0 saturated carbocycles. The van der Waals surface area contributed by atoms with Gasteiger partial charge >= 0.3 is 0 Å². The minimum Gasteiger partial charge on any atom is -0.324 e. The van der Waals surface area contributed by atoms with E-state index in [2.05, 4.69) is 41.9 Å². The fourth-order valence-corrected chi connectivity index (χ4v) is 1.93. The van der Waals surface area contributed by atoms with Crippen LogP contribution in [0.25, 0.3) is 5.70 Å². The number of nitrogens with two attached hydrogens (primary N) is 1. The van der Waals surface area contributed by atoms with Gasteiger partial charge in [-0.15, -0.1) is 0 Å². The molecule has 1 aliphatic rings. The highest BCUT2D eigenvalue weighted by Crippen LogP contribution is 2.18. The summed E-state index contributed by atoms with van der Waals surface area (Å²) in [5.41, 5.74) is 6.34. The molecular formula is C15H18N2. The summed E-state index contributed by atoms with van der Waals surface area (Å²) in [7, 11) is 0. The highest BCUT2D eigenvalue weighted by molar-refractivity contribution is 5.63. The van der Waals surface area contributed by atoms with Crippen LogP contribution in [0.5, 0.6) is 0 Å². The van der Waals surface area contributed by atoms with Gasteiger partial charge in [-0.1, -0.05) is 60.2 Å². The maximum atomic E-state index is 5.57. The third-order valence-electron chi connectivity index (χ3n) is 2.91. The first-order valence-electron chi connectivity index (χ1n) is 5.97. The Morgan fingerprint density at radius 2 is 2.12 bits per heavy atom. The quantitative estimate of drug-likeness (QED) is 0.611. The van der Waals surface area contributed by atoms with Gasteiger partial charge in [-0.2, -0.15) is 0 Å². The van der Waals surface area contributed by atoms with Crippen LogP contribution in [-0.4, -0.2) is 0 Å². The molecule has 0 amide bonds. The fraction of sp³-hybridized carbons (Fsp3) is 0.200. The van der Waals surface area contributed by atoms with Crippen LogP contribution in [0.15, 0.2) is 60.2 Å². The highest BCUT2D eigenvalue weighted by Gasteiger charge is 2.01. The predicted octanol–water partition coefficient (Wildman–Crippen LogP) is 3.16. The van der Waals surface area contributed by atoms with Crippen molar-refractivity contribution >= 4 is 5.70 Å². The van der Waals surface area contributed by atoms with Gasteiger partial charge in [0, 0.05) is 0 Å². The van der Waals surface area contributed by atoms with Gasteiger partial charge in [0.25, 0.3) is 0 Å². The highest BCUT2D eigenvalue weighted by atomic mass is 15.2. The van der Waals surface area contributed by atoms with Gasteiger partial charge in [-0.25, -0.2) is 0 Å². The van der Waals surface area contributed by atoms with E-state index < -0.39 is 0 Å². The van der Waals surface area contributed by atoms with Crippen LogP contribution in [-0.2, 0) is 0 Å². The predicted molar refractivity (Wildman–Crippen MR) is 72.8 cm³/mol. The van der Waals surface area contributed by atoms with Gasteiger partial charge in [0.2, 0.25) is 0 Å². The van der Waals surface area contributed by atoms with Crippen molar-refractivity contribution in [2.24, 2.45) is 5.84 Å². The molecular weight excluding hydrogens is 208 g/mol. The molecule has 0 bridgehead atoms. The second-order valence-electron chi connectivity index (χ2n) is 4.12. The van der Waals surface area contributed by atoms with Crippen molar-refractivity contribution in [3.63, 3.8) is 0 Å². The van der Waals surface area contributed by atoms with Crippen LogP contribution < -0.4 is 11.3 Å². The number of hydrazine groups is 1. The molecule has 1 aromatic rings. The lowest BCUT2D eigenvalue weighted by Gasteiger charge is -2.09. The molecule has 0 radical (unpaired) electrons. The second-order valence-corrected chi connectivity index (χ2v) is 4.12. The van der Waals surface area contributed by atoms with Crippen molar-refractivity contribution in [2.45, 2.75) is 19.3 Å². The Bertz CT molecular complexity index is 441. The lowest BCUT2D eigenvalue weighted by Crippen LogP contribution is -2.19. The Labute approximate surface area is 103 Å². The molecule has 2 nitrogen and oxygen atoms in total. The van der Waals surface area contributed by atoms with Crippen LogP contribution in [0, 0.1) is 0 Å². The van der Waals surface area contributed by atoms with Crippen molar-refractivity contribution in [1.29, 1.82) is 0 Å². The third-order valence-corrected chi connectivity index (χ3v) is 2.91. The van der Waals surface area contributed by atoms with Gasteiger partial charge in [0.15, 0.2) is 0 Å². The zero-order valence-corrected chi connectivity index (χ0v) is 9.89. The molecule has 1 aromatic carbocycles. The zero-order chi connectivity index (χ0) is 11.9. The summed E-state index contributed by atoms with van der Waals surface area (Å²) in [4.78, 5) is 0. The molecule has 0 spiro atoms. The van der Waals surface area contributed by atoms with E-state index >= 15 is 0 Å². The Hall–Kier alpha value is -1.80. The monoisotopic (exact) mass is 226 g/mol. The standard InChI is InChI=1S/C15H18N2/c16-17-15(14-9-5-2-6-10-14)12-11-13-7-3-1-4-8-13/h1-3,5-7,9-10,12,17H,4,8,11,16H2/b15-12-. The molecule has 0 heterocycles. The topological polar surface area (TPSA) is 38.0 Å². The van der Waals surface area contributed by atoms with E-state index in [1.165, 1.54) is 5.57 Å². The Morgan fingerprint density at radius 3 is 2.76 bits per heavy atom. The molecule has 2 heteroatoms. The molecule has 0 fully saturated rings. The fourth-order valence-electron chi connectivity index (χ4n) is 1.93. The van der Waals surface area contributed by atoms with E-state index in [4.69, 9.17) is 5.84 Å². The third kappa shape index (κ3) is 3.33. The molecule has 2 rings (SSSR count). The summed E-state index contributed by atoms with van der Waals surface area (Å²) >= 11 is 0. The van der Waals surface area contributed by atoms with E-state index in [0.717, 1.165) is 30.5 Å². The Balaban J connectivity index is 2.08. The molecule has 1 aliphatic carbocycles. The van der Waals surface area contributed by atoms with E-state index in [1.807, 2.05) is 18.2 Å². The van der Waals surface area contributed by atoms with Crippen molar-refractivity contribution in [3.8, 4) is 0 Å². The maximum Gasteiger partial charge on any atom is 0.0520 e. The van der Waals surface area contributed by atoms with Crippen LogP contribution in [0.3, 0.4) is 0 Å². The number of rotatable bonds is 4. The first kappa shape index (κ1) is 11.7. The summed E-state index contributed by atoms with van der Waals surface area (Å²) in [6, 6.07) is 10.2. The smallest absolute Gasteiger partial charge is 0.0520 e. The summed E-state index contributed by atoms with van der Waals surface area (Å²) < 4.78 is 0. The zero-order valence-electron chi connectivity index (χ0n) is 9.89. The Morgan fingerprint density at radius 1 is 1.29 bits per heavy atom. The summed E-state index contributed by atoms with van der Waals surface area (Å²) in [6.07, 6.45) is 11.9. The summed E-state index contributed by atoms with van der Waals surface area (Å²) in [6.45, 7) is 0. The van der Waals surface area contributed by atoms with E-state index in [1.54, 1.807) is 0 Å². The van der Waals surface area contributed by atoms with Crippen LogP contribution in [0.4, 0.5) is 0 Å². The SMILES string of the molecule is NN/C(=C\CC1=CC=CCC1)c1ccccc1. The second kappa shape index (κ2) is 6.06. The van der Waals surface area contributed by atoms with Gasteiger partial charge in [-0.3, -0.25) is 5.84 Å². The van der Waals surface area contributed by atoms with Crippen molar-refractivity contribution < 1.29 is 0 Å². The maximum absolute atomic E-state index is 5.57. The number of nitrogens with one attached hydrogen (secondary N) is 1. The molecule has 3 N–H and O–H groups in total. The largest absolute Gasteiger partial charge is 0.324 e. The van der Waals surface area contributed by atoms with Crippen molar-refractivity contribution in [2.75, 3.05) is 0 Å². The van der Waals surface area contributed by atoms with Crippen LogP contribution >= 0.6 is 0 Å². The van der Waals surface area contributed by atoms with Gasteiger partial charge in [-0.05, 0) is 24.8 Å². The van der Waals surface area contributed by atoms with Gasteiger partial charge in [0.1, 0.15) is 0 Å². The number of hydrogen-bond donors (Lipinski definition) is 2. The van der Waals surface area contributed by atoms with Crippen molar-refractivity contribution in [3.05, 3.63) is 65.8 Å².